The number of rotatable bonds is 5. The molecule has 0 atom stereocenters. The molecule has 0 spiro atoms. The molecule has 1 heterocycles. The number of hydrogen-bond acceptors (Lipinski definition) is 4. The van der Waals surface area contributed by atoms with Gasteiger partial charge in [-0.1, -0.05) is 23.2 Å². The first-order valence-corrected chi connectivity index (χ1v) is 6.83. The molecule has 104 valence electrons. The fourth-order valence-corrected chi connectivity index (χ4v) is 2.49. The third-order valence-corrected chi connectivity index (χ3v) is 3.42. The number of ether oxygens (including phenoxy) is 2. The average Bonchev–Trinajstić information content (AvgIpc) is 2.42. The lowest BCUT2D eigenvalue weighted by atomic mass is 10.2. The maximum atomic E-state index is 11.0. The molecular weight excluding hydrogens is 289 g/mol. The second kappa shape index (κ2) is 7.10. The van der Waals surface area contributed by atoms with Crippen LogP contribution in [0.1, 0.15) is 10.4 Å². The Morgan fingerprint density at radius 1 is 1.32 bits per heavy atom. The minimum absolute atomic E-state index is 0.358. The van der Waals surface area contributed by atoms with Crippen molar-refractivity contribution in [3.63, 3.8) is 0 Å². The average molecular weight is 304 g/mol. The first kappa shape index (κ1) is 14.6. The van der Waals surface area contributed by atoms with Crippen LogP contribution in [0.25, 0.3) is 0 Å². The summed E-state index contributed by atoms with van der Waals surface area (Å²) in [6, 6.07) is 3.12. The van der Waals surface area contributed by atoms with E-state index in [2.05, 4.69) is 4.90 Å². The molecule has 0 aliphatic carbocycles. The Kier molecular flexibility index (Phi) is 5.45. The second-order valence-electron chi connectivity index (χ2n) is 4.23. The van der Waals surface area contributed by atoms with Crippen LogP contribution >= 0.6 is 23.2 Å². The van der Waals surface area contributed by atoms with Gasteiger partial charge in [0.25, 0.3) is 0 Å². The lowest BCUT2D eigenvalue weighted by Crippen LogP contribution is -2.38. The van der Waals surface area contributed by atoms with Crippen LogP contribution in [0.2, 0.25) is 10.0 Å². The summed E-state index contributed by atoms with van der Waals surface area (Å²) in [5.41, 5.74) is 0.375. The van der Waals surface area contributed by atoms with Gasteiger partial charge in [0.15, 0.2) is 6.29 Å². The van der Waals surface area contributed by atoms with Crippen LogP contribution < -0.4 is 4.74 Å². The quantitative estimate of drug-likeness (QED) is 0.784. The maximum Gasteiger partial charge on any atom is 0.153 e. The van der Waals surface area contributed by atoms with Crippen molar-refractivity contribution in [2.24, 2.45) is 0 Å². The topological polar surface area (TPSA) is 38.8 Å². The van der Waals surface area contributed by atoms with E-state index in [1.165, 1.54) is 0 Å². The van der Waals surface area contributed by atoms with Crippen molar-refractivity contribution in [2.75, 3.05) is 39.5 Å². The second-order valence-corrected chi connectivity index (χ2v) is 5.07. The lowest BCUT2D eigenvalue weighted by Gasteiger charge is -2.26. The van der Waals surface area contributed by atoms with Gasteiger partial charge in [0, 0.05) is 24.7 Å². The fraction of sp³-hybridized carbons (Fsp3) is 0.462. The summed E-state index contributed by atoms with van der Waals surface area (Å²) in [7, 11) is 0. The predicted octanol–water partition coefficient (Wildman–Crippen LogP) is 2.52. The Morgan fingerprint density at radius 3 is 2.74 bits per heavy atom. The van der Waals surface area contributed by atoms with Gasteiger partial charge in [0.2, 0.25) is 0 Å². The molecule has 1 aromatic carbocycles. The molecule has 0 amide bonds. The number of benzene rings is 1. The third-order valence-electron chi connectivity index (χ3n) is 2.92. The van der Waals surface area contributed by atoms with E-state index in [-0.39, 0.29) is 0 Å². The van der Waals surface area contributed by atoms with Crippen LogP contribution in [0.3, 0.4) is 0 Å². The summed E-state index contributed by atoms with van der Waals surface area (Å²) < 4.78 is 10.9. The van der Waals surface area contributed by atoms with E-state index in [0.29, 0.717) is 34.3 Å². The molecule has 1 aliphatic rings. The number of hydrogen-bond donors (Lipinski definition) is 0. The monoisotopic (exact) mass is 303 g/mol. The highest BCUT2D eigenvalue weighted by atomic mass is 35.5. The highest BCUT2D eigenvalue weighted by Crippen LogP contribution is 2.31. The van der Waals surface area contributed by atoms with E-state index >= 15 is 0 Å². The van der Waals surface area contributed by atoms with Crippen molar-refractivity contribution in [1.82, 2.24) is 4.90 Å². The summed E-state index contributed by atoms with van der Waals surface area (Å²) in [6.07, 6.45) is 0.696. The van der Waals surface area contributed by atoms with Crippen molar-refractivity contribution in [1.29, 1.82) is 0 Å². The Balaban J connectivity index is 1.93. The molecule has 0 radical (unpaired) electrons. The highest BCUT2D eigenvalue weighted by Gasteiger charge is 2.13. The Hall–Kier alpha value is -0.810. The van der Waals surface area contributed by atoms with Crippen LogP contribution in [0.15, 0.2) is 12.1 Å². The fourth-order valence-electron chi connectivity index (χ4n) is 1.92. The van der Waals surface area contributed by atoms with Crippen LogP contribution in [0.5, 0.6) is 5.75 Å². The van der Waals surface area contributed by atoms with Gasteiger partial charge in [-0.3, -0.25) is 9.69 Å². The molecule has 4 nitrogen and oxygen atoms in total. The zero-order valence-electron chi connectivity index (χ0n) is 10.4. The molecule has 6 heteroatoms. The molecule has 0 bridgehead atoms. The summed E-state index contributed by atoms with van der Waals surface area (Å²) in [5.74, 6) is 0.398. The molecule has 0 N–H and O–H groups in total. The largest absolute Gasteiger partial charge is 0.490 e. The first-order chi connectivity index (χ1) is 9.20. The van der Waals surface area contributed by atoms with Crippen LogP contribution in [-0.4, -0.2) is 50.6 Å². The molecule has 0 saturated carbocycles. The Bertz CT molecular complexity index is 448. The molecule has 0 aromatic heterocycles. The Labute approximate surface area is 122 Å². The number of morpholine rings is 1. The minimum Gasteiger partial charge on any atom is -0.490 e. The van der Waals surface area contributed by atoms with Crippen LogP contribution in [-0.2, 0) is 4.74 Å². The molecule has 19 heavy (non-hydrogen) atoms. The molecule has 1 aliphatic heterocycles. The first-order valence-electron chi connectivity index (χ1n) is 6.08. The predicted molar refractivity (Wildman–Crippen MR) is 74.6 cm³/mol. The number of carbonyl (C=O) groups excluding carboxylic acids is 1. The SMILES string of the molecule is O=Cc1cc(Cl)cc(Cl)c1OCCN1CCOCC1. The van der Waals surface area contributed by atoms with Crippen molar-refractivity contribution >= 4 is 29.5 Å². The van der Waals surface area contributed by atoms with E-state index in [9.17, 15) is 4.79 Å². The van der Waals surface area contributed by atoms with E-state index in [4.69, 9.17) is 32.7 Å². The van der Waals surface area contributed by atoms with E-state index in [1.54, 1.807) is 12.1 Å². The van der Waals surface area contributed by atoms with Gasteiger partial charge in [-0.25, -0.2) is 0 Å². The van der Waals surface area contributed by atoms with Gasteiger partial charge >= 0.3 is 0 Å². The number of carbonyl (C=O) groups is 1. The summed E-state index contributed by atoms with van der Waals surface area (Å²) in [5, 5.41) is 0.782. The zero-order chi connectivity index (χ0) is 13.7. The summed E-state index contributed by atoms with van der Waals surface area (Å²) in [4.78, 5) is 13.2. The lowest BCUT2D eigenvalue weighted by molar-refractivity contribution is 0.0322. The molecular formula is C13H15Cl2NO3. The van der Waals surface area contributed by atoms with E-state index in [1.807, 2.05) is 0 Å². The molecule has 2 rings (SSSR count). The molecule has 0 unspecified atom stereocenters. The van der Waals surface area contributed by atoms with Gasteiger partial charge in [0.1, 0.15) is 12.4 Å². The number of aldehydes is 1. The van der Waals surface area contributed by atoms with Crippen LogP contribution in [0, 0.1) is 0 Å². The van der Waals surface area contributed by atoms with Crippen LogP contribution in [0.4, 0.5) is 0 Å². The third kappa shape index (κ3) is 4.08. The van der Waals surface area contributed by atoms with E-state index in [0.717, 1.165) is 32.8 Å². The smallest absolute Gasteiger partial charge is 0.153 e. The number of halogens is 2. The highest BCUT2D eigenvalue weighted by molar-refractivity contribution is 6.36. The molecule has 1 fully saturated rings. The summed E-state index contributed by atoms with van der Waals surface area (Å²) >= 11 is 11.9. The maximum absolute atomic E-state index is 11.0. The molecule has 1 aromatic rings. The van der Waals surface area contributed by atoms with Gasteiger partial charge in [0.05, 0.1) is 23.8 Å². The normalized spacial score (nSPS) is 16.3. The number of nitrogens with zero attached hydrogens (tertiary/aromatic N) is 1. The van der Waals surface area contributed by atoms with Gasteiger partial charge in [-0.15, -0.1) is 0 Å². The summed E-state index contributed by atoms with van der Waals surface area (Å²) in [6.45, 7) is 4.56. The standard InChI is InChI=1S/C13H15Cl2NO3/c14-11-7-10(9-17)13(12(15)8-11)19-6-3-16-1-4-18-5-2-16/h7-9H,1-6H2. The van der Waals surface area contributed by atoms with Crippen molar-refractivity contribution in [2.45, 2.75) is 0 Å². The van der Waals surface area contributed by atoms with Gasteiger partial charge in [-0.2, -0.15) is 0 Å². The Morgan fingerprint density at radius 2 is 2.05 bits per heavy atom. The van der Waals surface area contributed by atoms with Crippen molar-refractivity contribution in [3.05, 3.63) is 27.7 Å². The zero-order valence-corrected chi connectivity index (χ0v) is 11.9. The van der Waals surface area contributed by atoms with E-state index < -0.39 is 0 Å². The molecule has 1 saturated heterocycles. The van der Waals surface area contributed by atoms with Gasteiger partial charge < -0.3 is 9.47 Å². The van der Waals surface area contributed by atoms with Crippen molar-refractivity contribution in [3.8, 4) is 5.75 Å². The van der Waals surface area contributed by atoms with Gasteiger partial charge in [-0.05, 0) is 12.1 Å². The minimum atomic E-state index is 0.358. The van der Waals surface area contributed by atoms with Crippen molar-refractivity contribution < 1.29 is 14.3 Å².